The van der Waals surface area contributed by atoms with E-state index >= 15 is 0 Å². The van der Waals surface area contributed by atoms with E-state index in [1.54, 1.807) is 35.9 Å². The Morgan fingerprint density at radius 3 is 2.89 bits per heavy atom. The molecular weight excluding hydrogens is 258 g/mol. The molecule has 0 saturated carbocycles. The topological polar surface area (TPSA) is 46.9 Å². The monoisotopic (exact) mass is 275 g/mol. The van der Waals surface area contributed by atoms with Crippen molar-refractivity contribution in [3.8, 4) is 0 Å². The Labute approximate surface area is 117 Å². The third kappa shape index (κ3) is 3.86. The predicted octanol–water partition coefficient (Wildman–Crippen LogP) is 2.21. The van der Waals surface area contributed by atoms with E-state index in [1.165, 1.54) is 5.56 Å². The lowest BCUT2D eigenvalue weighted by atomic mass is 10.1. The number of rotatable bonds is 5. The van der Waals surface area contributed by atoms with Gasteiger partial charge in [-0.05, 0) is 17.4 Å². The van der Waals surface area contributed by atoms with Crippen molar-refractivity contribution >= 4 is 17.7 Å². The van der Waals surface area contributed by atoms with Crippen molar-refractivity contribution in [3.63, 3.8) is 0 Å². The van der Waals surface area contributed by atoms with Gasteiger partial charge in [0.15, 0.2) is 0 Å². The highest BCUT2D eigenvalue weighted by Gasteiger charge is 2.07. The van der Waals surface area contributed by atoms with Gasteiger partial charge in [-0.2, -0.15) is 16.9 Å². The molecule has 0 aliphatic rings. The lowest BCUT2D eigenvalue weighted by molar-refractivity contribution is 0.0951. The van der Waals surface area contributed by atoms with Gasteiger partial charge in [-0.1, -0.05) is 24.3 Å². The summed E-state index contributed by atoms with van der Waals surface area (Å²) in [5.74, 6) is 0.896. The Balaban J connectivity index is 1.95. The minimum absolute atomic E-state index is 0.0941. The van der Waals surface area contributed by atoms with Gasteiger partial charge in [0, 0.05) is 25.5 Å². The number of hydrogen-bond acceptors (Lipinski definition) is 3. The van der Waals surface area contributed by atoms with Crippen LogP contribution in [0, 0.1) is 0 Å². The number of hydrogen-bond donors (Lipinski definition) is 1. The molecule has 1 heterocycles. The third-order valence-corrected chi connectivity index (χ3v) is 3.34. The normalized spacial score (nSPS) is 10.4. The Hall–Kier alpha value is -1.75. The third-order valence-electron chi connectivity index (χ3n) is 2.72. The lowest BCUT2D eigenvalue weighted by Gasteiger charge is -2.06. The summed E-state index contributed by atoms with van der Waals surface area (Å²) in [4.78, 5) is 11.9. The largest absolute Gasteiger partial charge is 0.348 e. The van der Waals surface area contributed by atoms with Crippen LogP contribution >= 0.6 is 11.8 Å². The van der Waals surface area contributed by atoms with Gasteiger partial charge in [-0.3, -0.25) is 9.48 Å². The number of aryl methyl sites for hydroxylation is 1. The molecule has 0 spiro atoms. The summed E-state index contributed by atoms with van der Waals surface area (Å²) in [6.45, 7) is 0.538. The van der Waals surface area contributed by atoms with Gasteiger partial charge in [0.25, 0.3) is 5.91 Å². The Morgan fingerprint density at radius 2 is 2.21 bits per heavy atom. The summed E-state index contributed by atoms with van der Waals surface area (Å²) in [6, 6.07) is 8.27. The Kier molecular flexibility index (Phi) is 4.63. The predicted molar refractivity (Wildman–Crippen MR) is 78.0 cm³/mol. The first-order valence-corrected chi connectivity index (χ1v) is 7.42. The number of aromatic nitrogens is 2. The van der Waals surface area contributed by atoms with E-state index in [0.29, 0.717) is 12.1 Å². The maximum Gasteiger partial charge on any atom is 0.254 e. The lowest BCUT2D eigenvalue weighted by Crippen LogP contribution is -2.22. The van der Waals surface area contributed by atoms with Crippen LogP contribution in [0.5, 0.6) is 0 Å². The summed E-state index contributed by atoms with van der Waals surface area (Å²) in [5.41, 5.74) is 2.98. The van der Waals surface area contributed by atoms with Crippen molar-refractivity contribution < 1.29 is 4.79 Å². The maximum absolute atomic E-state index is 11.9. The highest BCUT2D eigenvalue weighted by Crippen LogP contribution is 2.11. The summed E-state index contributed by atoms with van der Waals surface area (Å²) in [6.07, 6.45) is 5.36. The number of amides is 1. The standard InChI is InChI=1S/C14H17N3OS/c1-17-9-13(8-16-17)14(18)15-7-11-4-3-5-12(6-11)10-19-2/h3-6,8-9H,7,10H2,1-2H3,(H,15,18). The van der Waals surface area contributed by atoms with Gasteiger partial charge in [-0.15, -0.1) is 0 Å². The van der Waals surface area contributed by atoms with Gasteiger partial charge < -0.3 is 5.32 Å². The second-order valence-electron chi connectivity index (χ2n) is 4.34. The highest BCUT2D eigenvalue weighted by molar-refractivity contribution is 7.97. The van der Waals surface area contributed by atoms with E-state index in [0.717, 1.165) is 11.3 Å². The van der Waals surface area contributed by atoms with Crippen LogP contribution < -0.4 is 5.32 Å². The zero-order chi connectivity index (χ0) is 13.7. The van der Waals surface area contributed by atoms with Gasteiger partial charge in [0.05, 0.1) is 11.8 Å². The average Bonchev–Trinajstić information content (AvgIpc) is 2.84. The SMILES string of the molecule is CSCc1cccc(CNC(=O)c2cnn(C)c2)c1. The molecule has 0 radical (unpaired) electrons. The molecule has 4 nitrogen and oxygen atoms in total. The fourth-order valence-corrected chi connectivity index (χ4v) is 2.33. The van der Waals surface area contributed by atoms with Crippen molar-refractivity contribution in [1.29, 1.82) is 0 Å². The van der Waals surface area contributed by atoms with Crippen LogP contribution in [-0.4, -0.2) is 21.9 Å². The fourth-order valence-electron chi connectivity index (χ4n) is 1.82. The highest BCUT2D eigenvalue weighted by atomic mass is 32.2. The van der Waals surface area contributed by atoms with Crippen LogP contribution in [0.25, 0.3) is 0 Å². The molecule has 0 aliphatic carbocycles. The number of nitrogens with zero attached hydrogens (tertiary/aromatic N) is 2. The minimum atomic E-state index is -0.0941. The molecule has 0 aliphatic heterocycles. The van der Waals surface area contributed by atoms with Crippen molar-refractivity contribution in [1.82, 2.24) is 15.1 Å². The molecule has 0 unspecified atom stereocenters. The van der Waals surface area contributed by atoms with Crippen LogP contribution in [0.2, 0.25) is 0 Å². The first-order chi connectivity index (χ1) is 9.19. The fraction of sp³-hybridized carbons (Fsp3) is 0.286. The summed E-state index contributed by atoms with van der Waals surface area (Å²) < 4.78 is 1.62. The van der Waals surface area contributed by atoms with E-state index in [4.69, 9.17) is 0 Å². The first-order valence-electron chi connectivity index (χ1n) is 6.02. The molecule has 0 saturated heterocycles. The Morgan fingerprint density at radius 1 is 1.42 bits per heavy atom. The number of carbonyl (C=O) groups excluding carboxylic acids is 1. The molecule has 1 aromatic heterocycles. The molecule has 5 heteroatoms. The van der Waals surface area contributed by atoms with Crippen LogP contribution in [0.4, 0.5) is 0 Å². The molecule has 0 bridgehead atoms. The van der Waals surface area contributed by atoms with Gasteiger partial charge in [0.2, 0.25) is 0 Å². The quantitative estimate of drug-likeness (QED) is 0.910. The zero-order valence-corrected chi connectivity index (χ0v) is 11.9. The summed E-state index contributed by atoms with van der Waals surface area (Å²) in [5, 5.41) is 6.88. The van der Waals surface area contributed by atoms with Gasteiger partial charge >= 0.3 is 0 Å². The van der Waals surface area contributed by atoms with Crippen molar-refractivity contribution in [2.75, 3.05) is 6.26 Å². The van der Waals surface area contributed by atoms with E-state index in [2.05, 4.69) is 28.8 Å². The Bertz CT molecular complexity index is 565. The number of benzene rings is 1. The van der Waals surface area contributed by atoms with Crippen molar-refractivity contribution in [2.45, 2.75) is 12.3 Å². The molecule has 0 fully saturated rings. The minimum Gasteiger partial charge on any atom is -0.348 e. The summed E-state index contributed by atoms with van der Waals surface area (Å²) >= 11 is 1.79. The molecule has 0 atom stereocenters. The van der Waals surface area contributed by atoms with Gasteiger partial charge in [-0.25, -0.2) is 0 Å². The molecule has 100 valence electrons. The number of carbonyl (C=O) groups is 1. The van der Waals surface area contributed by atoms with Gasteiger partial charge in [0.1, 0.15) is 0 Å². The van der Waals surface area contributed by atoms with E-state index in [-0.39, 0.29) is 5.91 Å². The van der Waals surface area contributed by atoms with Crippen LogP contribution in [0.15, 0.2) is 36.7 Å². The molecule has 1 N–H and O–H groups in total. The maximum atomic E-state index is 11.9. The number of nitrogens with one attached hydrogen (secondary N) is 1. The average molecular weight is 275 g/mol. The van der Waals surface area contributed by atoms with Crippen LogP contribution in [0.1, 0.15) is 21.5 Å². The molecule has 2 rings (SSSR count). The second kappa shape index (κ2) is 6.43. The van der Waals surface area contributed by atoms with Crippen LogP contribution in [0.3, 0.4) is 0 Å². The zero-order valence-electron chi connectivity index (χ0n) is 11.1. The molecule has 2 aromatic rings. The molecular formula is C14H17N3OS. The summed E-state index contributed by atoms with van der Waals surface area (Å²) in [7, 11) is 1.79. The van der Waals surface area contributed by atoms with E-state index in [9.17, 15) is 4.79 Å². The molecule has 1 aromatic carbocycles. The van der Waals surface area contributed by atoms with E-state index < -0.39 is 0 Å². The van der Waals surface area contributed by atoms with Crippen LogP contribution in [-0.2, 0) is 19.3 Å². The molecule has 1 amide bonds. The van der Waals surface area contributed by atoms with Crippen molar-refractivity contribution in [3.05, 3.63) is 53.3 Å². The molecule has 19 heavy (non-hydrogen) atoms. The second-order valence-corrected chi connectivity index (χ2v) is 5.20. The number of thioether (sulfide) groups is 1. The van der Waals surface area contributed by atoms with Crippen molar-refractivity contribution in [2.24, 2.45) is 7.05 Å². The first kappa shape index (κ1) is 13.7. The smallest absolute Gasteiger partial charge is 0.254 e. The van der Waals surface area contributed by atoms with E-state index in [1.807, 2.05) is 12.1 Å².